The van der Waals surface area contributed by atoms with Crippen LogP contribution in [-0.4, -0.2) is 80.9 Å². The van der Waals surface area contributed by atoms with Gasteiger partial charge in [0.1, 0.15) is 5.75 Å². The van der Waals surface area contributed by atoms with Gasteiger partial charge < -0.3 is 35.4 Å². The van der Waals surface area contributed by atoms with Gasteiger partial charge in [0.25, 0.3) is 5.91 Å². The molecule has 13 heteroatoms. The molecule has 198 valence electrons. The highest BCUT2D eigenvalue weighted by atomic mass is 16.5. The Bertz CT molecular complexity index is 1260. The molecule has 0 spiro atoms. The van der Waals surface area contributed by atoms with E-state index in [-0.39, 0.29) is 17.5 Å². The zero-order valence-corrected chi connectivity index (χ0v) is 21.3. The zero-order valence-electron chi connectivity index (χ0n) is 21.3. The first-order valence-corrected chi connectivity index (χ1v) is 12.2. The second kappa shape index (κ2) is 12.8. The third kappa shape index (κ3) is 6.55. The number of aromatic nitrogens is 3. The molecule has 3 aromatic rings. The van der Waals surface area contributed by atoms with E-state index in [1.165, 1.54) is 13.3 Å². The van der Waals surface area contributed by atoms with E-state index >= 15 is 0 Å². The predicted octanol–water partition coefficient (Wildman–Crippen LogP) is 0.658. The summed E-state index contributed by atoms with van der Waals surface area (Å²) in [6.45, 7) is 2.98. The number of methoxy groups -OCH3 is 1. The van der Waals surface area contributed by atoms with Crippen molar-refractivity contribution in [1.82, 2.24) is 20.2 Å². The van der Waals surface area contributed by atoms with Gasteiger partial charge in [0, 0.05) is 31.3 Å². The van der Waals surface area contributed by atoms with Crippen LogP contribution in [0.15, 0.2) is 48.9 Å². The van der Waals surface area contributed by atoms with Gasteiger partial charge in [-0.1, -0.05) is 0 Å². The standard InChI is InChI=1S/C25H30BN7O5/c1-36-25(35)18(32-26)7-11-38-17-4-2-16(3-5-17)19-15-29-23(27)22(30-19)24(34)31-20-14-28-8-6-21(20)33-9-12-37-13-10-33/h2-6,8,14-15,18,32H,7,9-13,26H2,1H3,(H2,27,29)(H,31,34)/t18-/m0/s1. The fourth-order valence-corrected chi connectivity index (χ4v) is 3.99. The Kier molecular flexibility index (Phi) is 9.06. The number of amides is 1. The van der Waals surface area contributed by atoms with Crippen LogP contribution >= 0.6 is 0 Å². The van der Waals surface area contributed by atoms with Crippen LogP contribution in [0.25, 0.3) is 11.3 Å². The van der Waals surface area contributed by atoms with E-state index in [9.17, 15) is 9.59 Å². The van der Waals surface area contributed by atoms with E-state index in [1.54, 1.807) is 32.5 Å². The van der Waals surface area contributed by atoms with Gasteiger partial charge in [-0.25, -0.2) is 9.97 Å². The fourth-order valence-electron chi connectivity index (χ4n) is 3.99. The monoisotopic (exact) mass is 519 g/mol. The summed E-state index contributed by atoms with van der Waals surface area (Å²) < 4.78 is 15.9. The Morgan fingerprint density at radius 2 is 1.95 bits per heavy atom. The molecule has 1 aliphatic heterocycles. The Balaban J connectivity index is 1.44. The van der Waals surface area contributed by atoms with Gasteiger partial charge in [-0.3, -0.25) is 14.6 Å². The Morgan fingerprint density at radius 3 is 2.66 bits per heavy atom. The molecular weight excluding hydrogens is 489 g/mol. The number of nitrogen functional groups attached to an aromatic ring is 1. The quantitative estimate of drug-likeness (QED) is 0.256. The Labute approximate surface area is 221 Å². The van der Waals surface area contributed by atoms with Crippen molar-refractivity contribution < 1.29 is 23.8 Å². The van der Waals surface area contributed by atoms with Crippen LogP contribution in [0.5, 0.6) is 5.75 Å². The number of esters is 1. The highest BCUT2D eigenvalue weighted by molar-refractivity contribution is 6.07. The van der Waals surface area contributed by atoms with Crippen molar-refractivity contribution in [2.75, 3.05) is 56.0 Å². The summed E-state index contributed by atoms with van der Waals surface area (Å²) in [7, 11) is 3.04. The Hall–Kier alpha value is -4.23. The first kappa shape index (κ1) is 26.8. The second-order valence-electron chi connectivity index (χ2n) is 8.46. The van der Waals surface area contributed by atoms with Gasteiger partial charge in [-0.15, -0.1) is 0 Å². The van der Waals surface area contributed by atoms with Gasteiger partial charge in [-0.2, -0.15) is 0 Å². The van der Waals surface area contributed by atoms with Crippen LogP contribution in [0.1, 0.15) is 16.9 Å². The van der Waals surface area contributed by atoms with E-state index in [0.717, 1.165) is 11.3 Å². The summed E-state index contributed by atoms with van der Waals surface area (Å²) in [6.07, 6.45) is 5.25. The number of nitrogens with one attached hydrogen (secondary N) is 2. The number of anilines is 3. The van der Waals surface area contributed by atoms with Crippen molar-refractivity contribution >= 4 is 37.1 Å². The van der Waals surface area contributed by atoms with Crippen LogP contribution in [0.3, 0.4) is 0 Å². The molecule has 1 saturated heterocycles. The van der Waals surface area contributed by atoms with Gasteiger partial charge in [-0.05, 0) is 30.3 Å². The number of carbonyl (C=O) groups is 2. The molecule has 1 amide bonds. The van der Waals surface area contributed by atoms with Crippen LogP contribution in [0.4, 0.5) is 17.2 Å². The molecule has 0 radical (unpaired) electrons. The molecule has 0 aliphatic carbocycles. The number of nitrogens with zero attached hydrogens (tertiary/aromatic N) is 4. The van der Waals surface area contributed by atoms with Crippen LogP contribution in [-0.2, 0) is 14.3 Å². The fraction of sp³-hybridized carbons (Fsp3) is 0.320. The van der Waals surface area contributed by atoms with Crippen molar-refractivity contribution in [2.24, 2.45) is 0 Å². The number of ether oxygens (including phenoxy) is 3. The zero-order chi connectivity index (χ0) is 26.9. The summed E-state index contributed by atoms with van der Waals surface area (Å²) >= 11 is 0. The average molecular weight is 519 g/mol. The first-order valence-electron chi connectivity index (χ1n) is 12.2. The smallest absolute Gasteiger partial charge is 0.321 e. The van der Waals surface area contributed by atoms with Crippen molar-refractivity contribution in [3.63, 3.8) is 0 Å². The van der Waals surface area contributed by atoms with Crippen molar-refractivity contribution in [3.05, 3.63) is 54.6 Å². The van der Waals surface area contributed by atoms with E-state index in [1.807, 2.05) is 18.2 Å². The maximum Gasteiger partial charge on any atom is 0.321 e. The lowest BCUT2D eigenvalue weighted by atomic mass is 10.1. The summed E-state index contributed by atoms with van der Waals surface area (Å²) in [6, 6.07) is 8.60. The SMILES string of the molecule is BN[C@@H](CCOc1ccc(-c2cnc(N)c(C(=O)Nc3cnccc3N3CCOCC3)n2)cc1)C(=O)OC. The molecule has 4 N–H and O–H groups in total. The molecule has 4 rings (SSSR count). The minimum absolute atomic E-state index is 0.0144. The largest absolute Gasteiger partial charge is 0.494 e. The molecular formula is C25H30BN7O5. The number of morpholine rings is 1. The molecule has 0 bridgehead atoms. The van der Waals surface area contributed by atoms with Crippen molar-refractivity contribution in [2.45, 2.75) is 12.5 Å². The molecule has 0 saturated carbocycles. The number of nitrogens with two attached hydrogens (primary N) is 1. The van der Waals surface area contributed by atoms with Gasteiger partial charge in [0.15, 0.2) is 19.5 Å². The molecule has 1 aromatic carbocycles. The Morgan fingerprint density at radius 1 is 1.18 bits per heavy atom. The van der Waals surface area contributed by atoms with Gasteiger partial charge in [0.05, 0.1) is 62.4 Å². The van der Waals surface area contributed by atoms with Crippen LogP contribution < -0.4 is 25.9 Å². The summed E-state index contributed by atoms with van der Waals surface area (Å²) in [5, 5.41) is 5.78. The average Bonchev–Trinajstić information content (AvgIpc) is 2.96. The predicted molar refractivity (Wildman–Crippen MR) is 145 cm³/mol. The molecule has 1 atom stereocenters. The summed E-state index contributed by atoms with van der Waals surface area (Å²) in [4.78, 5) is 39.8. The first-order chi connectivity index (χ1) is 18.5. The number of hydrogen-bond acceptors (Lipinski definition) is 11. The lowest BCUT2D eigenvalue weighted by Gasteiger charge is -2.30. The molecule has 38 heavy (non-hydrogen) atoms. The third-order valence-electron chi connectivity index (χ3n) is 6.07. The van der Waals surface area contributed by atoms with E-state index < -0.39 is 11.9 Å². The second-order valence-corrected chi connectivity index (χ2v) is 8.46. The minimum Gasteiger partial charge on any atom is -0.494 e. The number of benzene rings is 1. The van der Waals surface area contributed by atoms with Crippen molar-refractivity contribution in [1.29, 1.82) is 0 Å². The summed E-state index contributed by atoms with van der Waals surface area (Å²) in [5.74, 6) is -0.173. The number of carbonyl (C=O) groups excluding carboxylic acids is 2. The molecule has 1 fully saturated rings. The van der Waals surface area contributed by atoms with E-state index in [4.69, 9.17) is 19.9 Å². The van der Waals surface area contributed by atoms with Gasteiger partial charge >= 0.3 is 5.97 Å². The molecule has 2 aromatic heterocycles. The minimum atomic E-state index is -0.482. The number of pyridine rings is 1. The molecule has 12 nitrogen and oxygen atoms in total. The third-order valence-corrected chi connectivity index (χ3v) is 6.07. The van der Waals surface area contributed by atoms with Crippen molar-refractivity contribution in [3.8, 4) is 17.0 Å². The van der Waals surface area contributed by atoms with Crippen LogP contribution in [0, 0.1) is 0 Å². The lowest BCUT2D eigenvalue weighted by molar-refractivity contribution is -0.142. The molecule has 1 aliphatic rings. The lowest BCUT2D eigenvalue weighted by Crippen LogP contribution is -2.37. The number of rotatable bonds is 10. The topological polar surface area (TPSA) is 154 Å². The number of hydrogen-bond donors (Lipinski definition) is 3. The van der Waals surface area contributed by atoms with E-state index in [0.29, 0.717) is 56.5 Å². The van der Waals surface area contributed by atoms with E-state index in [2.05, 4.69) is 30.4 Å². The normalized spacial score (nSPS) is 14.0. The molecule has 0 unspecified atom stereocenters. The highest BCUT2D eigenvalue weighted by Gasteiger charge is 2.20. The molecule has 3 heterocycles. The maximum absolute atomic E-state index is 13.2. The van der Waals surface area contributed by atoms with Crippen LogP contribution in [0.2, 0.25) is 0 Å². The maximum atomic E-state index is 13.2. The highest BCUT2D eigenvalue weighted by Crippen LogP contribution is 2.27. The van der Waals surface area contributed by atoms with Gasteiger partial charge in [0.2, 0.25) is 0 Å². The summed E-state index contributed by atoms with van der Waals surface area (Å²) in [5.41, 5.74) is 8.65.